The lowest BCUT2D eigenvalue weighted by Gasteiger charge is -2.27. The minimum atomic E-state index is -1.04. The number of nitrogens with one attached hydrogen (secondary N) is 1. The first kappa shape index (κ1) is 11.5. The van der Waals surface area contributed by atoms with Crippen molar-refractivity contribution >= 4 is 11.9 Å². The molecule has 6 heteroatoms. The number of carboxylic acids is 1. The predicted octanol–water partition coefficient (Wildman–Crippen LogP) is -0.175. The molecule has 0 radical (unpaired) electrons. The van der Waals surface area contributed by atoms with E-state index in [4.69, 9.17) is 5.11 Å². The van der Waals surface area contributed by atoms with E-state index >= 15 is 0 Å². The molecule has 1 aromatic heterocycles. The van der Waals surface area contributed by atoms with Gasteiger partial charge >= 0.3 is 5.97 Å². The van der Waals surface area contributed by atoms with E-state index in [1.165, 1.54) is 18.3 Å². The number of aromatic nitrogens is 1. The van der Waals surface area contributed by atoms with Crippen LogP contribution in [0, 0.1) is 0 Å². The zero-order valence-corrected chi connectivity index (χ0v) is 9.22. The average Bonchev–Trinajstić information content (AvgIpc) is 2.39. The van der Waals surface area contributed by atoms with Gasteiger partial charge in [0.25, 0.3) is 5.91 Å². The third kappa shape index (κ3) is 2.59. The first-order chi connectivity index (χ1) is 8.18. The Kier molecular flexibility index (Phi) is 3.34. The summed E-state index contributed by atoms with van der Waals surface area (Å²) in [6.45, 7) is 2.86. The van der Waals surface area contributed by atoms with Crippen molar-refractivity contribution in [1.29, 1.82) is 0 Å². The first-order valence-corrected chi connectivity index (χ1v) is 5.38. The molecule has 1 fully saturated rings. The lowest BCUT2D eigenvalue weighted by atomic mass is 10.2. The number of carbonyl (C=O) groups is 2. The van der Waals surface area contributed by atoms with Crippen LogP contribution in [0.25, 0.3) is 0 Å². The maximum Gasteiger partial charge on any atom is 0.337 e. The molecule has 1 amide bonds. The number of rotatable bonds is 2. The van der Waals surface area contributed by atoms with Gasteiger partial charge in [-0.2, -0.15) is 0 Å². The lowest BCUT2D eigenvalue weighted by molar-refractivity contribution is 0.0690. The van der Waals surface area contributed by atoms with E-state index in [-0.39, 0.29) is 17.2 Å². The summed E-state index contributed by atoms with van der Waals surface area (Å²) in [6, 6.07) is 2.85. The molecule has 0 aromatic carbocycles. The van der Waals surface area contributed by atoms with Crippen LogP contribution < -0.4 is 5.32 Å². The number of nitrogens with zero attached hydrogens (tertiary/aromatic N) is 2. The summed E-state index contributed by atoms with van der Waals surface area (Å²) >= 11 is 0. The molecule has 0 unspecified atom stereocenters. The number of hydrogen-bond acceptors (Lipinski definition) is 4. The fraction of sp³-hybridized carbons (Fsp3) is 0.364. The Bertz CT molecular complexity index is 424. The number of pyridine rings is 1. The van der Waals surface area contributed by atoms with Crippen LogP contribution in [0.4, 0.5) is 0 Å². The molecule has 1 aliphatic heterocycles. The fourth-order valence-electron chi connectivity index (χ4n) is 1.68. The van der Waals surface area contributed by atoms with E-state index in [9.17, 15) is 9.59 Å². The van der Waals surface area contributed by atoms with E-state index < -0.39 is 5.97 Å². The Balaban J connectivity index is 2.10. The maximum absolute atomic E-state index is 12.0. The average molecular weight is 235 g/mol. The highest BCUT2D eigenvalue weighted by atomic mass is 16.4. The molecule has 2 N–H and O–H groups in total. The zero-order valence-electron chi connectivity index (χ0n) is 9.22. The number of carbonyl (C=O) groups excluding carboxylic acids is 1. The van der Waals surface area contributed by atoms with Gasteiger partial charge in [0.1, 0.15) is 5.69 Å². The van der Waals surface area contributed by atoms with E-state index in [0.29, 0.717) is 13.1 Å². The largest absolute Gasteiger partial charge is 0.478 e. The second-order valence-corrected chi connectivity index (χ2v) is 3.78. The molecule has 0 bridgehead atoms. The van der Waals surface area contributed by atoms with Crippen molar-refractivity contribution in [3.63, 3.8) is 0 Å². The first-order valence-electron chi connectivity index (χ1n) is 5.38. The maximum atomic E-state index is 12.0. The van der Waals surface area contributed by atoms with Crippen LogP contribution >= 0.6 is 0 Å². The number of hydrogen-bond donors (Lipinski definition) is 2. The molecule has 6 nitrogen and oxygen atoms in total. The summed E-state index contributed by atoms with van der Waals surface area (Å²) in [4.78, 5) is 28.2. The van der Waals surface area contributed by atoms with Gasteiger partial charge in [-0.25, -0.2) is 4.79 Å². The van der Waals surface area contributed by atoms with Crippen LogP contribution in [-0.2, 0) is 0 Å². The van der Waals surface area contributed by atoms with Crippen molar-refractivity contribution in [1.82, 2.24) is 15.2 Å². The minimum Gasteiger partial charge on any atom is -0.478 e. The van der Waals surface area contributed by atoms with Crippen molar-refractivity contribution in [2.45, 2.75) is 0 Å². The third-order valence-corrected chi connectivity index (χ3v) is 2.63. The summed E-state index contributed by atoms with van der Waals surface area (Å²) in [7, 11) is 0. The number of amides is 1. The van der Waals surface area contributed by atoms with Crippen molar-refractivity contribution in [2.75, 3.05) is 26.2 Å². The van der Waals surface area contributed by atoms with Gasteiger partial charge in [0.15, 0.2) is 0 Å². The van der Waals surface area contributed by atoms with E-state index in [0.717, 1.165) is 13.1 Å². The highest BCUT2D eigenvalue weighted by molar-refractivity contribution is 5.93. The van der Waals surface area contributed by atoms with Crippen LogP contribution in [0.2, 0.25) is 0 Å². The van der Waals surface area contributed by atoms with E-state index in [1.807, 2.05) is 0 Å². The molecule has 0 aliphatic carbocycles. The second-order valence-electron chi connectivity index (χ2n) is 3.78. The van der Waals surface area contributed by atoms with Crippen LogP contribution in [-0.4, -0.2) is 53.0 Å². The fourth-order valence-corrected chi connectivity index (χ4v) is 1.68. The standard InChI is InChI=1S/C11H13N3O3/c15-10(14-5-3-12-4-6-14)9-2-1-8(7-13-9)11(16)17/h1-2,7,12H,3-6H2,(H,16,17). The molecule has 1 aliphatic rings. The van der Waals surface area contributed by atoms with Crippen LogP contribution in [0.15, 0.2) is 18.3 Å². The molecular weight excluding hydrogens is 222 g/mol. The smallest absolute Gasteiger partial charge is 0.337 e. The summed E-state index contributed by atoms with van der Waals surface area (Å²) in [5, 5.41) is 11.9. The molecule has 1 aromatic rings. The lowest BCUT2D eigenvalue weighted by Crippen LogP contribution is -2.46. The van der Waals surface area contributed by atoms with E-state index in [1.54, 1.807) is 4.90 Å². The molecule has 2 rings (SSSR count). The Labute approximate surface area is 98.3 Å². The third-order valence-electron chi connectivity index (χ3n) is 2.63. The summed E-state index contributed by atoms with van der Waals surface area (Å²) in [5.41, 5.74) is 0.374. The molecule has 0 atom stereocenters. The van der Waals surface area contributed by atoms with Gasteiger partial charge < -0.3 is 15.3 Å². The van der Waals surface area contributed by atoms with Gasteiger partial charge in [0.2, 0.25) is 0 Å². The highest BCUT2D eigenvalue weighted by Crippen LogP contribution is 2.05. The zero-order chi connectivity index (χ0) is 12.3. The SMILES string of the molecule is O=C(O)c1ccc(C(=O)N2CCNCC2)nc1. The molecule has 1 saturated heterocycles. The quantitative estimate of drug-likeness (QED) is 0.743. The van der Waals surface area contributed by atoms with Gasteiger partial charge in [-0.1, -0.05) is 0 Å². The molecule has 17 heavy (non-hydrogen) atoms. The van der Waals surface area contributed by atoms with Crippen LogP contribution in [0.1, 0.15) is 20.8 Å². The molecule has 90 valence electrons. The van der Waals surface area contributed by atoms with Gasteiger partial charge in [0.05, 0.1) is 5.56 Å². The van der Waals surface area contributed by atoms with Gasteiger partial charge in [-0.05, 0) is 12.1 Å². The molecule has 2 heterocycles. The van der Waals surface area contributed by atoms with Crippen molar-refractivity contribution < 1.29 is 14.7 Å². The van der Waals surface area contributed by atoms with Crippen molar-refractivity contribution in [2.24, 2.45) is 0 Å². The normalized spacial score (nSPS) is 15.6. The number of carboxylic acid groups (broad SMARTS) is 1. The molecule has 0 saturated carbocycles. The number of piperazine rings is 1. The molecule has 0 spiro atoms. The van der Waals surface area contributed by atoms with Gasteiger partial charge in [0, 0.05) is 32.4 Å². The minimum absolute atomic E-state index is 0.0851. The Morgan fingerprint density at radius 3 is 2.53 bits per heavy atom. The van der Waals surface area contributed by atoms with Crippen molar-refractivity contribution in [3.05, 3.63) is 29.6 Å². The summed E-state index contributed by atoms with van der Waals surface area (Å²) in [5.74, 6) is -1.19. The Morgan fingerprint density at radius 1 is 1.29 bits per heavy atom. The van der Waals surface area contributed by atoms with Crippen LogP contribution in [0.5, 0.6) is 0 Å². The summed E-state index contributed by atoms with van der Waals surface area (Å²) < 4.78 is 0. The Hall–Kier alpha value is -1.95. The highest BCUT2D eigenvalue weighted by Gasteiger charge is 2.19. The van der Waals surface area contributed by atoms with Gasteiger partial charge in [-0.3, -0.25) is 9.78 Å². The molecular formula is C11H13N3O3. The number of aromatic carboxylic acids is 1. The monoisotopic (exact) mass is 235 g/mol. The Morgan fingerprint density at radius 2 is 2.00 bits per heavy atom. The van der Waals surface area contributed by atoms with Gasteiger partial charge in [-0.15, -0.1) is 0 Å². The van der Waals surface area contributed by atoms with Crippen LogP contribution in [0.3, 0.4) is 0 Å². The topological polar surface area (TPSA) is 82.5 Å². The van der Waals surface area contributed by atoms with E-state index in [2.05, 4.69) is 10.3 Å². The second kappa shape index (κ2) is 4.92. The summed E-state index contributed by atoms with van der Waals surface area (Å²) in [6.07, 6.45) is 1.21. The van der Waals surface area contributed by atoms with Crippen molar-refractivity contribution in [3.8, 4) is 0 Å². The predicted molar refractivity (Wildman–Crippen MR) is 60.0 cm³/mol.